The first-order valence-electron chi connectivity index (χ1n) is 3.61. The summed E-state index contributed by atoms with van der Waals surface area (Å²) in [5.41, 5.74) is 1.01. The fourth-order valence-corrected chi connectivity index (χ4v) is 1.41. The van der Waals surface area contributed by atoms with E-state index in [0.29, 0.717) is 5.04 Å². The first-order valence-corrected chi connectivity index (χ1v) is 4.60. The fraction of sp³-hybridized carbons (Fsp3) is 0.222. The molecule has 0 heterocycles. The Labute approximate surface area is 71.3 Å². The second-order valence-electron chi connectivity index (χ2n) is 2.13. The van der Waals surface area contributed by atoms with Crippen molar-refractivity contribution in [1.29, 1.82) is 5.41 Å². The third-order valence-corrected chi connectivity index (χ3v) is 2.14. The van der Waals surface area contributed by atoms with Crippen LogP contribution in [0.3, 0.4) is 0 Å². The van der Waals surface area contributed by atoms with Gasteiger partial charge in [0.15, 0.2) is 0 Å². The van der Waals surface area contributed by atoms with E-state index >= 15 is 0 Å². The summed E-state index contributed by atoms with van der Waals surface area (Å²) in [6.07, 6.45) is 0. The molecule has 0 aromatic heterocycles. The average Bonchev–Trinajstić information content (AvgIpc) is 2.07. The van der Waals surface area contributed by atoms with Gasteiger partial charge in [-0.05, 0) is 5.75 Å². The summed E-state index contributed by atoms with van der Waals surface area (Å²) in [5.74, 6) is 0.966. The van der Waals surface area contributed by atoms with Crippen LogP contribution in [0.2, 0.25) is 0 Å². The lowest BCUT2D eigenvalue weighted by Gasteiger charge is -1.99. The van der Waals surface area contributed by atoms with Crippen LogP contribution >= 0.6 is 11.8 Å². The minimum Gasteiger partial charge on any atom is -0.293 e. The van der Waals surface area contributed by atoms with Gasteiger partial charge in [-0.25, -0.2) is 0 Å². The van der Waals surface area contributed by atoms with Crippen molar-refractivity contribution in [3.8, 4) is 0 Å². The van der Waals surface area contributed by atoms with Crippen molar-refractivity contribution in [3.05, 3.63) is 35.9 Å². The molecule has 0 unspecified atom stereocenters. The van der Waals surface area contributed by atoms with Crippen LogP contribution < -0.4 is 0 Å². The highest BCUT2D eigenvalue weighted by Gasteiger charge is 1.97. The van der Waals surface area contributed by atoms with Gasteiger partial charge in [0.25, 0.3) is 0 Å². The molecule has 0 radical (unpaired) electrons. The quantitative estimate of drug-likeness (QED) is 0.528. The molecule has 1 nitrogen and oxygen atoms in total. The van der Waals surface area contributed by atoms with E-state index in [-0.39, 0.29) is 0 Å². The molecule has 0 saturated heterocycles. The fourth-order valence-electron chi connectivity index (χ4n) is 0.817. The molecule has 0 fully saturated rings. The molecule has 0 aliphatic rings. The number of rotatable bonds is 2. The van der Waals surface area contributed by atoms with Gasteiger partial charge in [-0.15, -0.1) is 11.8 Å². The zero-order valence-electron chi connectivity index (χ0n) is 6.50. The Morgan fingerprint density at radius 3 is 2.55 bits per heavy atom. The highest BCUT2D eigenvalue weighted by atomic mass is 32.2. The van der Waals surface area contributed by atoms with E-state index in [9.17, 15) is 0 Å². The Balaban J connectivity index is 2.69. The first kappa shape index (κ1) is 8.34. The maximum absolute atomic E-state index is 7.59. The molecule has 1 aromatic carbocycles. The predicted octanol–water partition coefficient (Wildman–Crippen LogP) is 2.77. The lowest BCUT2D eigenvalue weighted by atomic mass is 10.2. The molecule has 0 aliphatic carbocycles. The van der Waals surface area contributed by atoms with Gasteiger partial charge in [0, 0.05) is 5.56 Å². The summed E-state index contributed by atoms with van der Waals surface area (Å²) in [6.45, 7) is 2.06. The number of nitrogens with one attached hydrogen (secondary N) is 1. The van der Waals surface area contributed by atoms with Gasteiger partial charge in [0.05, 0.1) is 5.04 Å². The predicted molar refractivity (Wildman–Crippen MR) is 51.4 cm³/mol. The van der Waals surface area contributed by atoms with Crippen molar-refractivity contribution in [3.63, 3.8) is 0 Å². The third-order valence-electron chi connectivity index (χ3n) is 1.32. The van der Waals surface area contributed by atoms with Crippen molar-refractivity contribution >= 4 is 16.8 Å². The summed E-state index contributed by atoms with van der Waals surface area (Å²) in [7, 11) is 0. The summed E-state index contributed by atoms with van der Waals surface area (Å²) in [5, 5.41) is 8.25. The third kappa shape index (κ3) is 2.39. The van der Waals surface area contributed by atoms with Crippen LogP contribution in [0.25, 0.3) is 0 Å². The molecule has 0 aliphatic heterocycles. The highest BCUT2D eigenvalue weighted by molar-refractivity contribution is 8.14. The smallest absolute Gasteiger partial charge is 0.0942 e. The SMILES string of the molecule is CCSC(=N)c1ccccc1. The second-order valence-corrected chi connectivity index (χ2v) is 3.40. The molecular formula is C9H11NS. The van der Waals surface area contributed by atoms with Gasteiger partial charge in [0.1, 0.15) is 0 Å². The molecule has 1 aromatic rings. The van der Waals surface area contributed by atoms with E-state index < -0.39 is 0 Å². The van der Waals surface area contributed by atoms with E-state index in [4.69, 9.17) is 5.41 Å². The minimum absolute atomic E-state index is 0.660. The molecule has 11 heavy (non-hydrogen) atoms. The van der Waals surface area contributed by atoms with Gasteiger partial charge in [0.2, 0.25) is 0 Å². The molecule has 0 saturated carbocycles. The maximum atomic E-state index is 7.59. The van der Waals surface area contributed by atoms with E-state index in [2.05, 4.69) is 6.92 Å². The molecular weight excluding hydrogens is 154 g/mol. The Bertz CT molecular complexity index is 231. The molecule has 0 bridgehead atoms. The normalized spacial score (nSPS) is 9.55. The first-order chi connectivity index (χ1) is 5.34. The van der Waals surface area contributed by atoms with Crippen LogP contribution in [-0.2, 0) is 0 Å². The van der Waals surface area contributed by atoms with Gasteiger partial charge in [-0.3, -0.25) is 5.41 Å². The summed E-state index contributed by atoms with van der Waals surface area (Å²) in [4.78, 5) is 0. The van der Waals surface area contributed by atoms with Gasteiger partial charge in [-0.2, -0.15) is 0 Å². The molecule has 1 rings (SSSR count). The van der Waals surface area contributed by atoms with Crippen LogP contribution in [0.5, 0.6) is 0 Å². The van der Waals surface area contributed by atoms with E-state index in [0.717, 1.165) is 11.3 Å². The average molecular weight is 165 g/mol. The topological polar surface area (TPSA) is 23.9 Å². The Kier molecular flexibility index (Phi) is 3.17. The number of hydrogen-bond donors (Lipinski definition) is 1. The molecule has 2 heteroatoms. The summed E-state index contributed by atoms with van der Waals surface area (Å²) >= 11 is 1.57. The van der Waals surface area contributed by atoms with E-state index in [1.807, 2.05) is 30.3 Å². The zero-order chi connectivity index (χ0) is 8.10. The zero-order valence-corrected chi connectivity index (χ0v) is 7.32. The van der Waals surface area contributed by atoms with E-state index in [1.54, 1.807) is 11.8 Å². The van der Waals surface area contributed by atoms with Crippen molar-refractivity contribution in [2.24, 2.45) is 0 Å². The highest BCUT2D eigenvalue weighted by Crippen LogP contribution is 2.10. The lowest BCUT2D eigenvalue weighted by molar-refractivity contribution is 1.50. The molecule has 0 amide bonds. The van der Waals surface area contributed by atoms with Gasteiger partial charge in [-0.1, -0.05) is 37.3 Å². The number of thioether (sulfide) groups is 1. The summed E-state index contributed by atoms with van der Waals surface area (Å²) in [6, 6.07) is 9.81. The largest absolute Gasteiger partial charge is 0.293 e. The van der Waals surface area contributed by atoms with Crippen LogP contribution in [0.1, 0.15) is 12.5 Å². The lowest BCUT2D eigenvalue weighted by Crippen LogP contribution is -1.92. The van der Waals surface area contributed by atoms with Gasteiger partial charge < -0.3 is 0 Å². The molecule has 58 valence electrons. The Morgan fingerprint density at radius 1 is 1.36 bits per heavy atom. The monoisotopic (exact) mass is 165 g/mol. The molecule has 1 N–H and O–H groups in total. The Morgan fingerprint density at radius 2 is 2.00 bits per heavy atom. The van der Waals surface area contributed by atoms with Crippen molar-refractivity contribution in [2.45, 2.75) is 6.92 Å². The Hall–Kier alpha value is -0.760. The maximum Gasteiger partial charge on any atom is 0.0942 e. The summed E-state index contributed by atoms with van der Waals surface area (Å²) < 4.78 is 0. The number of hydrogen-bond acceptors (Lipinski definition) is 2. The minimum atomic E-state index is 0.660. The van der Waals surface area contributed by atoms with Crippen LogP contribution in [0.4, 0.5) is 0 Å². The van der Waals surface area contributed by atoms with Crippen LogP contribution in [-0.4, -0.2) is 10.8 Å². The van der Waals surface area contributed by atoms with Crippen LogP contribution in [0, 0.1) is 5.41 Å². The van der Waals surface area contributed by atoms with Crippen molar-refractivity contribution in [1.82, 2.24) is 0 Å². The standard InChI is InChI=1S/C9H11NS/c1-2-11-9(10)8-6-4-3-5-7-8/h3-7,10H,2H2,1H3. The van der Waals surface area contributed by atoms with Crippen molar-refractivity contribution < 1.29 is 0 Å². The molecule has 0 spiro atoms. The van der Waals surface area contributed by atoms with Crippen molar-refractivity contribution in [2.75, 3.05) is 5.75 Å². The van der Waals surface area contributed by atoms with E-state index in [1.165, 1.54) is 0 Å². The second kappa shape index (κ2) is 4.19. The van der Waals surface area contributed by atoms with Crippen LogP contribution in [0.15, 0.2) is 30.3 Å². The van der Waals surface area contributed by atoms with Gasteiger partial charge >= 0.3 is 0 Å². The molecule has 0 atom stereocenters. The number of benzene rings is 1.